The summed E-state index contributed by atoms with van der Waals surface area (Å²) < 4.78 is 0.678. The lowest BCUT2D eigenvalue weighted by atomic mass is 10.3. The molecule has 0 spiro atoms. The van der Waals surface area contributed by atoms with Gasteiger partial charge in [-0.15, -0.1) is 21.5 Å². The molecule has 0 unspecified atom stereocenters. The highest BCUT2D eigenvalue weighted by Crippen LogP contribution is 2.29. The van der Waals surface area contributed by atoms with Crippen molar-refractivity contribution in [2.45, 2.75) is 15.9 Å². The topological polar surface area (TPSA) is 107 Å². The average molecular weight is 366 g/mol. The first-order chi connectivity index (χ1) is 11.2. The lowest BCUT2D eigenvalue weighted by Gasteiger charge is -1.99. The van der Waals surface area contributed by atoms with Gasteiger partial charge in [0.05, 0.1) is 4.92 Å². The third kappa shape index (κ3) is 4.43. The smallest absolute Gasteiger partial charge is 0.305 e. The molecule has 0 amide bonds. The van der Waals surface area contributed by atoms with Crippen molar-refractivity contribution in [2.75, 3.05) is 11.9 Å². The van der Waals surface area contributed by atoms with Gasteiger partial charge in [0.15, 0.2) is 9.50 Å². The van der Waals surface area contributed by atoms with Crippen LogP contribution < -0.4 is 5.32 Å². The first-order valence-corrected chi connectivity index (χ1v) is 8.96. The fraction of sp³-hybridized carbons (Fsp3) is 0.167. The zero-order valence-electron chi connectivity index (χ0n) is 11.6. The molecule has 11 heteroatoms. The molecule has 0 bridgehead atoms. The van der Waals surface area contributed by atoms with Crippen LogP contribution in [0.2, 0.25) is 0 Å². The van der Waals surface area contributed by atoms with Crippen LogP contribution in [0, 0.1) is 10.1 Å². The van der Waals surface area contributed by atoms with Gasteiger partial charge in [0.25, 0.3) is 0 Å². The van der Waals surface area contributed by atoms with E-state index in [4.69, 9.17) is 0 Å². The summed E-state index contributed by atoms with van der Waals surface area (Å²) in [6.45, 7) is 0.786. The van der Waals surface area contributed by atoms with Crippen molar-refractivity contribution in [3.05, 3.63) is 44.9 Å². The molecule has 23 heavy (non-hydrogen) atoms. The van der Waals surface area contributed by atoms with Gasteiger partial charge in [-0.3, -0.25) is 10.1 Å². The van der Waals surface area contributed by atoms with Crippen LogP contribution in [0.25, 0.3) is 0 Å². The Hall–Kier alpha value is -2.11. The largest absolute Gasteiger partial charge is 0.360 e. The molecule has 0 aliphatic carbocycles. The summed E-state index contributed by atoms with van der Waals surface area (Å²) in [5, 5.41) is 25.0. The Balaban J connectivity index is 1.53. The van der Waals surface area contributed by atoms with E-state index in [2.05, 4.69) is 36.9 Å². The summed E-state index contributed by atoms with van der Waals surface area (Å²) >= 11 is 4.34. The Labute approximate surface area is 143 Å². The molecule has 0 radical (unpaired) electrons. The molecule has 0 aliphatic rings. The molecule has 3 rings (SSSR count). The van der Waals surface area contributed by atoms with Crippen molar-refractivity contribution in [1.29, 1.82) is 0 Å². The number of hydrogen-bond acceptors (Lipinski definition) is 10. The van der Waals surface area contributed by atoms with E-state index in [-0.39, 0.29) is 5.69 Å². The maximum absolute atomic E-state index is 10.6. The quantitative estimate of drug-likeness (QED) is 0.386. The van der Waals surface area contributed by atoms with Gasteiger partial charge in [-0.05, 0) is 29.6 Å². The van der Waals surface area contributed by atoms with Gasteiger partial charge in [-0.1, -0.05) is 17.4 Å². The van der Waals surface area contributed by atoms with Gasteiger partial charge in [-0.2, -0.15) is 0 Å². The molecular formula is C12H10N6O2S3. The lowest BCUT2D eigenvalue weighted by Crippen LogP contribution is -2.03. The molecule has 0 fully saturated rings. The van der Waals surface area contributed by atoms with Gasteiger partial charge in [-0.25, -0.2) is 9.97 Å². The third-order valence-electron chi connectivity index (χ3n) is 2.64. The highest BCUT2D eigenvalue weighted by molar-refractivity contribution is 8.00. The minimum Gasteiger partial charge on any atom is -0.360 e. The molecule has 3 aromatic heterocycles. The number of anilines is 1. The molecule has 0 aromatic carbocycles. The monoisotopic (exact) mass is 366 g/mol. The molecular weight excluding hydrogens is 356 g/mol. The van der Waals surface area contributed by atoms with E-state index in [1.807, 2.05) is 6.07 Å². The number of nitrogens with zero attached hydrogens (tertiary/aromatic N) is 5. The average Bonchev–Trinajstić information content (AvgIpc) is 3.20. The molecule has 0 atom stereocenters. The third-order valence-corrected chi connectivity index (χ3v) is 5.40. The van der Waals surface area contributed by atoms with E-state index in [9.17, 15) is 10.1 Å². The van der Waals surface area contributed by atoms with Crippen LogP contribution in [0.5, 0.6) is 0 Å². The molecule has 1 N–H and O–H groups in total. The van der Waals surface area contributed by atoms with Gasteiger partial charge in [0.1, 0.15) is 12.4 Å². The van der Waals surface area contributed by atoms with Crippen molar-refractivity contribution in [2.24, 2.45) is 0 Å². The minimum absolute atomic E-state index is 0.137. The van der Waals surface area contributed by atoms with Crippen LogP contribution in [0.1, 0.15) is 4.88 Å². The van der Waals surface area contributed by atoms with Crippen molar-refractivity contribution < 1.29 is 4.92 Å². The van der Waals surface area contributed by atoms with Crippen LogP contribution in [0.15, 0.2) is 39.4 Å². The van der Waals surface area contributed by atoms with E-state index in [1.54, 1.807) is 11.3 Å². The Morgan fingerprint density at radius 1 is 1.30 bits per heavy atom. The molecule has 3 aromatic rings. The summed E-state index contributed by atoms with van der Waals surface area (Å²) in [4.78, 5) is 19.2. The minimum atomic E-state index is -0.533. The summed E-state index contributed by atoms with van der Waals surface area (Å²) in [5.41, 5.74) is -0.137. The molecule has 0 aliphatic heterocycles. The van der Waals surface area contributed by atoms with E-state index < -0.39 is 4.92 Å². The van der Waals surface area contributed by atoms with Crippen molar-refractivity contribution >= 4 is 45.3 Å². The zero-order chi connectivity index (χ0) is 16.1. The molecule has 0 saturated heterocycles. The van der Waals surface area contributed by atoms with Gasteiger partial charge in [0.2, 0.25) is 5.13 Å². The summed E-state index contributed by atoms with van der Waals surface area (Å²) in [6.07, 6.45) is 3.29. The van der Waals surface area contributed by atoms with Crippen molar-refractivity contribution in [3.63, 3.8) is 0 Å². The number of thiophene rings is 1. The number of hydrogen-bond donors (Lipinski definition) is 1. The normalized spacial score (nSPS) is 10.6. The Bertz CT molecular complexity index is 774. The van der Waals surface area contributed by atoms with Crippen LogP contribution in [0.4, 0.5) is 10.8 Å². The second-order valence-corrected chi connectivity index (χ2v) is 7.44. The van der Waals surface area contributed by atoms with Gasteiger partial charge < -0.3 is 5.32 Å². The Morgan fingerprint density at radius 2 is 2.13 bits per heavy atom. The van der Waals surface area contributed by atoms with Crippen molar-refractivity contribution in [1.82, 2.24) is 20.2 Å². The highest BCUT2D eigenvalue weighted by Gasteiger charge is 2.11. The fourth-order valence-corrected chi connectivity index (χ4v) is 3.89. The van der Waals surface area contributed by atoms with E-state index in [1.165, 1.54) is 40.4 Å². The van der Waals surface area contributed by atoms with Crippen LogP contribution >= 0.6 is 34.4 Å². The standard InChI is InChI=1S/C12H10N6O2S3/c19-18(20)8-6-14-10(15-7-8)22-12-17-16-11(23-12)13-4-3-9-2-1-5-21-9/h1-2,5-7H,3-4H2,(H,13,16). The number of rotatable bonds is 7. The SMILES string of the molecule is O=[N+]([O-])c1cnc(Sc2nnc(NCCc3cccs3)s2)nc1. The molecule has 3 heterocycles. The maximum Gasteiger partial charge on any atom is 0.305 e. The zero-order valence-corrected chi connectivity index (χ0v) is 14.0. The van der Waals surface area contributed by atoms with Gasteiger partial charge in [0, 0.05) is 11.4 Å². The lowest BCUT2D eigenvalue weighted by molar-refractivity contribution is -0.385. The van der Waals surface area contributed by atoms with Crippen LogP contribution in [0.3, 0.4) is 0 Å². The number of nitro groups is 1. The highest BCUT2D eigenvalue weighted by atomic mass is 32.2. The first-order valence-electron chi connectivity index (χ1n) is 6.45. The Kier molecular flexibility index (Phi) is 5.10. The summed E-state index contributed by atoms with van der Waals surface area (Å²) in [6, 6.07) is 4.13. The second-order valence-electron chi connectivity index (χ2n) is 4.21. The first kappa shape index (κ1) is 15.8. The number of nitrogens with one attached hydrogen (secondary N) is 1. The number of aromatic nitrogens is 4. The molecule has 8 nitrogen and oxygen atoms in total. The Morgan fingerprint density at radius 3 is 2.83 bits per heavy atom. The molecule has 0 saturated carbocycles. The van der Waals surface area contributed by atoms with Gasteiger partial charge >= 0.3 is 5.69 Å². The van der Waals surface area contributed by atoms with Crippen LogP contribution in [-0.2, 0) is 6.42 Å². The molecule has 118 valence electrons. The van der Waals surface area contributed by atoms with E-state index in [0.717, 1.165) is 18.1 Å². The predicted octanol–water partition coefficient (Wildman–Crippen LogP) is 3.10. The summed E-state index contributed by atoms with van der Waals surface area (Å²) in [5.74, 6) is 0. The fourth-order valence-electron chi connectivity index (χ4n) is 1.60. The maximum atomic E-state index is 10.6. The predicted molar refractivity (Wildman–Crippen MR) is 89.2 cm³/mol. The summed E-state index contributed by atoms with van der Waals surface area (Å²) in [7, 11) is 0. The van der Waals surface area contributed by atoms with E-state index in [0.29, 0.717) is 9.50 Å². The van der Waals surface area contributed by atoms with Crippen molar-refractivity contribution in [3.8, 4) is 0 Å². The van der Waals surface area contributed by atoms with E-state index >= 15 is 0 Å². The second kappa shape index (κ2) is 7.44. The van der Waals surface area contributed by atoms with Crippen LogP contribution in [-0.4, -0.2) is 31.6 Å².